The van der Waals surface area contributed by atoms with E-state index in [2.05, 4.69) is 26.0 Å². The van der Waals surface area contributed by atoms with Crippen molar-refractivity contribution >= 4 is 0 Å². The molecule has 1 nitrogen and oxygen atoms in total. The molecule has 0 aromatic heterocycles. The molecule has 0 fully saturated rings. The van der Waals surface area contributed by atoms with E-state index < -0.39 is 0 Å². The molecular formula is C9H14O. The van der Waals surface area contributed by atoms with E-state index >= 15 is 0 Å². The molecule has 1 aliphatic rings. The summed E-state index contributed by atoms with van der Waals surface area (Å²) in [6.07, 6.45) is 8.21. The van der Waals surface area contributed by atoms with Gasteiger partial charge in [-0.25, -0.2) is 0 Å². The molecule has 0 radical (unpaired) electrons. The van der Waals surface area contributed by atoms with E-state index in [-0.39, 0.29) is 17.9 Å². The van der Waals surface area contributed by atoms with Crippen molar-refractivity contribution < 1.29 is 5.11 Å². The maximum absolute atomic E-state index is 8.94. The molecule has 0 aromatic rings. The van der Waals surface area contributed by atoms with Crippen LogP contribution in [-0.4, -0.2) is 11.7 Å². The Hall–Kier alpha value is -0.560. The Bertz CT molecular complexity index is 166. The Kier molecular flexibility index (Phi) is 1.95. The van der Waals surface area contributed by atoms with Crippen molar-refractivity contribution in [1.82, 2.24) is 0 Å². The minimum absolute atomic E-state index is 0.128. The molecule has 0 saturated carbocycles. The number of aliphatic hydroxyl groups excluding tert-OH is 1. The van der Waals surface area contributed by atoms with Gasteiger partial charge in [-0.1, -0.05) is 38.2 Å². The zero-order valence-corrected chi connectivity index (χ0v) is 6.54. The van der Waals surface area contributed by atoms with Crippen molar-refractivity contribution in [1.29, 1.82) is 0 Å². The Labute approximate surface area is 62.1 Å². The van der Waals surface area contributed by atoms with Crippen LogP contribution in [0.15, 0.2) is 24.3 Å². The Morgan fingerprint density at radius 2 is 2.10 bits per heavy atom. The van der Waals surface area contributed by atoms with Crippen LogP contribution >= 0.6 is 0 Å². The molecule has 1 rings (SSSR count). The van der Waals surface area contributed by atoms with E-state index in [0.717, 1.165) is 0 Å². The lowest BCUT2D eigenvalue weighted by Gasteiger charge is -2.29. The lowest BCUT2D eigenvalue weighted by atomic mass is 9.77. The van der Waals surface area contributed by atoms with Crippen molar-refractivity contribution in [2.75, 3.05) is 6.61 Å². The summed E-state index contributed by atoms with van der Waals surface area (Å²) in [6, 6.07) is 0. The van der Waals surface area contributed by atoms with E-state index in [4.69, 9.17) is 5.11 Å². The largest absolute Gasteiger partial charge is 0.396 e. The van der Waals surface area contributed by atoms with Gasteiger partial charge in [0.05, 0.1) is 6.61 Å². The third-order valence-corrected chi connectivity index (χ3v) is 2.13. The minimum Gasteiger partial charge on any atom is -0.396 e. The first-order valence-electron chi connectivity index (χ1n) is 3.64. The van der Waals surface area contributed by atoms with Gasteiger partial charge in [-0.3, -0.25) is 0 Å². The van der Waals surface area contributed by atoms with Gasteiger partial charge in [0, 0.05) is 5.92 Å². The first-order chi connectivity index (χ1) is 4.67. The fourth-order valence-corrected chi connectivity index (χ4v) is 1.17. The SMILES string of the molecule is CC1(C)C=CC=CC1CO. The van der Waals surface area contributed by atoms with Gasteiger partial charge in [-0.05, 0) is 5.41 Å². The highest BCUT2D eigenvalue weighted by molar-refractivity contribution is 5.17. The van der Waals surface area contributed by atoms with Crippen molar-refractivity contribution in [3.05, 3.63) is 24.3 Å². The van der Waals surface area contributed by atoms with Crippen LogP contribution in [0, 0.1) is 11.3 Å². The summed E-state index contributed by atoms with van der Waals surface area (Å²) in [4.78, 5) is 0. The first-order valence-corrected chi connectivity index (χ1v) is 3.64. The monoisotopic (exact) mass is 138 g/mol. The van der Waals surface area contributed by atoms with E-state index in [0.29, 0.717) is 0 Å². The van der Waals surface area contributed by atoms with Crippen molar-refractivity contribution in [3.63, 3.8) is 0 Å². The topological polar surface area (TPSA) is 20.2 Å². The van der Waals surface area contributed by atoms with Crippen LogP contribution < -0.4 is 0 Å². The number of rotatable bonds is 1. The fourth-order valence-electron chi connectivity index (χ4n) is 1.17. The highest BCUT2D eigenvalue weighted by Gasteiger charge is 2.24. The number of hydrogen-bond donors (Lipinski definition) is 1. The standard InChI is InChI=1S/C9H14O/c1-9(2)6-4-3-5-8(9)7-10/h3-6,8,10H,7H2,1-2H3. The second-order valence-electron chi connectivity index (χ2n) is 3.35. The summed E-state index contributed by atoms with van der Waals surface area (Å²) in [6.45, 7) is 4.51. The summed E-state index contributed by atoms with van der Waals surface area (Å²) < 4.78 is 0. The molecule has 1 atom stereocenters. The molecule has 0 aromatic carbocycles. The molecule has 0 amide bonds. The Balaban J connectivity index is 2.74. The zero-order valence-electron chi connectivity index (χ0n) is 6.54. The average Bonchev–Trinajstić information content (AvgIpc) is 1.87. The minimum atomic E-state index is 0.128. The van der Waals surface area contributed by atoms with E-state index in [1.54, 1.807) is 0 Å². The van der Waals surface area contributed by atoms with E-state index in [9.17, 15) is 0 Å². The van der Waals surface area contributed by atoms with E-state index in [1.165, 1.54) is 0 Å². The molecular weight excluding hydrogens is 124 g/mol. The molecule has 1 heteroatoms. The molecule has 1 N–H and O–H groups in total. The van der Waals surface area contributed by atoms with Gasteiger partial charge < -0.3 is 5.11 Å². The van der Waals surface area contributed by atoms with E-state index in [1.807, 2.05) is 12.2 Å². The van der Waals surface area contributed by atoms with Crippen LogP contribution in [0.2, 0.25) is 0 Å². The maximum Gasteiger partial charge on any atom is 0.0502 e. The van der Waals surface area contributed by atoms with Crippen molar-refractivity contribution in [2.24, 2.45) is 11.3 Å². The predicted molar refractivity (Wildman–Crippen MR) is 42.6 cm³/mol. The van der Waals surface area contributed by atoms with Gasteiger partial charge in [0.25, 0.3) is 0 Å². The van der Waals surface area contributed by atoms with Crippen molar-refractivity contribution in [3.8, 4) is 0 Å². The molecule has 0 bridgehead atoms. The zero-order chi connectivity index (χ0) is 7.61. The normalized spacial score (nSPS) is 28.9. The highest BCUT2D eigenvalue weighted by atomic mass is 16.3. The lowest BCUT2D eigenvalue weighted by Crippen LogP contribution is -2.24. The molecule has 10 heavy (non-hydrogen) atoms. The molecule has 0 spiro atoms. The quantitative estimate of drug-likeness (QED) is 0.585. The summed E-state index contributed by atoms with van der Waals surface area (Å²) in [5.74, 6) is 0.289. The molecule has 1 unspecified atom stereocenters. The first kappa shape index (κ1) is 7.55. The van der Waals surface area contributed by atoms with Crippen LogP contribution in [0.5, 0.6) is 0 Å². The Morgan fingerprint density at radius 1 is 1.40 bits per heavy atom. The molecule has 56 valence electrons. The van der Waals surface area contributed by atoms with Gasteiger partial charge in [0.15, 0.2) is 0 Å². The van der Waals surface area contributed by atoms with Gasteiger partial charge >= 0.3 is 0 Å². The molecule has 1 aliphatic carbocycles. The smallest absolute Gasteiger partial charge is 0.0502 e. The van der Waals surface area contributed by atoms with Gasteiger partial charge in [0.2, 0.25) is 0 Å². The summed E-state index contributed by atoms with van der Waals surface area (Å²) >= 11 is 0. The van der Waals surface area contributed by atoms with Gasteiger partial charge in [-0.2, -0.15) is 0 Å². The lowest BCUT2D eigenvalue weighted by molar-refractivity contribution is 0.184. The number of hydrogen-bond acceptors (Lipinski definition) is 1. The highest BCUT2D eigenvalue weighted by Crippen LogP contribution is 2.31. The van der Waals surface area contributed by atoms with Crippen molar-refractivity contribution in [2.45, 2.75) is 13.8 Å². The summed E-state index contributed by atoms with van der Waals surface area (Å²) in [5.41, 5.74) is 0.128. The van der Waals surface area contributed by atoms with Gasteiger partial charge in [0.1, 0.15) is 0 Å². The maximum atomic E-state index is 8.94. The Morgan fingerprint density at radius 3 is 2.50 bits per heavy atom. The molecule has 0 heterocycles. The van der Waals surface area contributed by atoms with Crippen LogP contribution in [0.3, 0.4) is 0 Å². The van der Waals surface area contributed by atoms with Gasteiger partial charge in [-0.15, -0.1) is 0 Å². The fraction of sp³-hybridized carbons (Fsp3) is 0.556. The second-order valence-corrected chi connectivity index (χ2v) is 3.35. The number of aliphatic hydroxyl groups is 1. The van der Waals surface area contributed by atoms with Crippen LogP contribution in [-0.2, 0) is 0 Å². The van der Waals surface area contributed by atoms with Crippen LogP contribution in [0.4, 0.5) is 0 Å². The average molecular weight is 138 g/mol. The third kappa shape index (κ3) is 1.29. The molecule has 0 aliphatic heterocycles. The third-order valence-electron chi connectivity index (χ3n) is 2.13. The van der Waals surface area contributed by atoms with Crippen LogP contribution in [0.25, 0.3) is 0 Å². The number of allylic oxidation sites excluding steroid dienone is 3. The summed E-state index contributed by atoms with van der Waals surface area (Å²) in [5, 5.41) is 8.94. The predicted octanol–water partition coefficient (Wildman–Crippen LogP) is 1.75. The van der Waals surface area contributed by atoms with Crippen LogP contribution in [0.1, 0.15) is 13.8 Å². The summed E-state index contributed by atoms with van der Waals surface area (Å²) in [7, 11) is 0. The molecule has 0 saturated heterocycles. The second kappa shape index (κ2) is 2.59.